The van der Waals surface area contributed by atoms with E-state index in [0.29, 0.717) is 18.8 Å². The van der Waals surface area contributed by atoms with Crippen molar-refractivity contribution in [3.63, 3.8) is 0 Å². The van der Waals surface area contributed by atoms with Crippen LogP contribution in [0, 0.1) is 13.8 Å². The van der Waals surface area contributed by atoms with Crippen LogP contribution in [0.15, 0.2) is 28.8 Å². The lowest BCUT2D eigenvalue weighted by molar-refractivity contribution is -0.138. The Kier molecular flexibility index (Phi) is 5.58. The van der Waals surface area contributed by atoms with Crippen LogP contribution in [0.5, 0.6) is 5.75 Å². The fraction of sp³-hybridized carbons (Fsp3) is 0.400. The number of benzene rings is 1. The number of hydrogen-bond donors (Lipinski definition) is 2. The van der Waals surface area contributed by atoms with E-state index >= 15 is 0 Å². The monoisotopic (exact) mass is 400 g/mol. The first-order chi connectivity index (χ1) is 13.7. The van der Waals surface area contributed by atoms with Gasteiger partial charge in [-0.15, -0.1) is 0 Å². The number of rotatable bonds is 7. The summed E-state index contributed by atoms with van der Waals surface area (Å²) in [5.74, 6) is 0.428. The maximum Gasteiger partial charge on any atom is 0.344 e. The molecule has 1 aromatic heterocycles. The smallest absolute Gasteiger partial charge is 0.344 e. The van der Waals surface area contributed by atoms with Crippen LogP contribution in [-0.4, -0.2) is 33.5 Å². The van der Waals surface area contributed by atoms with Gasteiger partial charge >= 0.3 is 6.03 Å². The Bertz CT molecular complexity index is 917. The SMILES string of the molecule is CC[C@]1(C)NC(=O)N(NC(=O)Cc2ccc(OCc3c(C)noc3C)cc2)C1=O. The van der Waals surface area contributed by atoms with Crippen LogP contribution in [0.3, 0.4) is 0 Å². The highest BCUT2D eigenvalue weighted by Crippen LogP contribution is 2.20. The van der Waals surface area contributed by atoms with E-state index in [-0.39, 0.29) is 6.42 Å². The molecule has 4 amide bonds. The first kappa shape index (κ1) is 20.4. The number of imide groups is 1. The second kappa shape index (κ2) is 7.94. The van der Waals surface area contributed by atoms with E-state index in [1.807, 2.05) is 13.8 Å². The summed E-state index contributed by atoms with van der Waals surface area (Å²) in [6.07, 6.45) is 0.448. The average molecular weight is 400 g/mol. The van der Waals surface area contributed by atoms with Crippen LogP contribution in [0.2, 0.25) is 0 Å². The number of nitrogens with one attached hydrogen (secondary N) is 2. The third kappa shape index (κ3) is 4.23. The summed E-state index contributed by atoms with van der Waals surface area (Å²) in [5, 5.41) is 7.21. The Balaban J connectivity index is 1.55. The van der Waals surface area contributed by atoms with Crippen LogP contribution in [0.4, 0.5) is 4.79 Å². The van der Waals surface area contributed by atoms with Gasteiger partial charge in [-0.05, 0) is 44.9 Å². The lowest BCUT2D eigenvalue weighted by Gasteiger charge is -2.19. The molecule has 2 N–H and O–H groups in total. The molecular weight excluding hydrogens is 376 g/mol. The van der Waals surface area contributed by atoms with Crippen LogP contribution >= 0.6 is 0 Å². The molecule has 0 aliphatic carbocycles. The number of aromatic nitrogens is 1. The fourth-order valence-electron chi connectivity index (χ4n) is 2.94. The summed E-state index contributed by atoms with van der Waals surface area (Å²) in [4.78, 5) is 36.5. The third-order valence-corrected chi connectivity index (χ3v) is 5.06. The molecule has 2 aromatic rings. The van der Waals surface area contributed by atoms with Gasteiger partial charge < -0.3 is 14.6 Å². The highest BCUT2D eigenvalue weighted by Gasteiger charge is 2.47. The van der Waals surface area contributed by atoms with Crippen molar-refractivity contribution in [2.24, 2.45) is 0 Å². The molecule has 9 nitrogen and oxygen atoms in total. The third-order valence-electron chi connectivity index (χ3n) is 5.06. The number of hydrazine groups is 1. The lowest BCUT2D eigenvalue weighted by atomic mass is 10.00. The molecule has 9 heteroatoms. The maximum atomic E-state index is 12.3. The molecule has 3 rings (SSSR count). The number of aryl methyl sites for hydroxylation is 2. The van der Waals surface area contributed by atoms with Gasteiger partial charge in [0.2, 0.25) is 5.91 Å². The standard InChI is InChI=1S/C20H24N4O5/c1-5-20(4)18(26)24(19(27)21-20)22-17(25)10-14-6-8-15(9-7-14)28-11-16-12(2)23-29-13(16)3/h6-9H,5,10-11H2,1-4H3,(H,21,27)(H,22,25)/t20-/m0/s1. The van der Waals surface area contributed by atoms with Gasteiger partial charge in [0, 0.05) is 0 Å². The van der Waals surface area contributed by atoms with Crippen molar-refractivity contribution in [3.05, 3.63) is 46.8 Å². The Hall–Kier alpha value is -3.36. The normalized spacial score (nSPS) is 18.7. The quantitative estimate of drug-likeness (QED) is 0.689. The molecule has 29 heavy (non-hydrogen) atoms. The topological polar surface area (TPSA) is 114 Å². The molecule has 1 aliphatic heterocycles. The van der Waals surface area contributed by atoms with Crippen molar-refractivity contribution in [1.82, 2.24) is 20.9 Å². The largest absolute Gasteiger partial charge is 0.489 e. The molecule has 0 spiro atoms. The van der Waals surface area contributed by atoms with E-state index in [4.69, 9.17) is 9.26 Å². The van der Waals surface area contributed by atoms with Crippen LogP contribution < -0.4 is 15.5 Å². The van der Waals surface area contributed by atoms with Gasteiger partial charge in [-0.25, -0.2) is 4.79 Å². The summed E-state index contributed by atoms with van der Waals surface area (Å²) in [7, 11) is 0. The minimum Gasteiger partial charge on any atom is -0.489 e. The molecule has 154 valence electrons. The summed E-state index contributed by atoms with van der Waals surface area (Å²) >= 11 is 0. The van der Waals surface area contributed by atoms with Gasteiger partial charge in [-0.1, -0.05) is 24.2 Å². The number of hydrogen-bond acceptors (Lipinski definition) is 6. The van der Waals surface area contributed by atoms with Gasteiger partial charge in [-0.2, -0.15) is 5.01 Å². The first-order valence-corrected chi connectivity index (χ1v) is 9.33. The Morgan fingerprint density at radius 3 is 2.52 bits per heavy atom. The summed E-state index contributed by atoms with van der Waals surface area (Å²) in [5.41, 5.74) is 3.79. The zero-order chi connectivity index (χ0) is 21.2. The molecule has 1 fully saturated rings. The van der Waals surface area contributed by atoms with E-state index in [1.54, 1.807) is 38.1 Å². The van der Waals surface area contributed by atoms with Gasteiger partial charge in [-0.3, -0.25) is 15.0 Å². The Labute approximate surface area is 168 Å². The Morgan fingerprint density at radius 1 is 1.28 bits per heavy atom. The lowest BCUT2D eigenvalue weighted by Crippen LogP contribution is -2.49. The van der Waals surface area contributed by atoms with Crippen molar-refractivity contribution >= 4 is 17.8 Å². The van der Waals surface area contributed by atoms with Gasteiger partial charge in [0.1, 0.15) is 23.7 Å². The molecular formula is C20H24N4O5. The predicted octanol–water partition coefficient (Wildman–Crippen LogP) is 2.16. The molecule has 1 saturated heterocycles. The second-order valence-corrected chi connectivity index (χ2v) is 7.20. The molecule has 2 heterocycles. The molecule has 1 atom stereocenters. The summed E-state index contributed by atoms with van der Waals surface area (Å²) in [6, 6.07) is 6.38. The maximum absolute atomic E-state index is 12.3. The van der Waals surface area contributed by atoms with Crippen molar-refractivity contribution in [3.8, 4) is 5.75 Å². The van der Waals surface area contributed by atoms with E-state index < -0.39 is 23.4 Å². The highest BCUT2D eigenvalue weighted by atomic mass is 16.5. The minimum atomic E-state index is -0.995. The van der Waals surface area contributed by atoms with Crippen molar-refractivity contribution in [1.29, 1.82) is 0 Å². The summed E-state index contributed by atoms with van der Waals surface area (Å²) in [6.45, 7) is 7.43. The summed E-state index contributed by atoms with van der Waals surface area (Å²) < 4.78 is 10.8. The molecule has 0 radical (unpaired) electrons. The van der Waals surface area contributed by atoms with Crippen molar-refractivity contribution in [2.75, 3.05) is 0 Å². The molecule has 0 unspecified atom stereocenters. The number of urea groups is 1. The predicted molar refractivity (Wildman–Crippen MR) is 103 cm³/mol. The number of carbonyl (C=O) groups is 3. The number of nitrogens with zero attached hydrogens (tertiary/aromatic N) is 2. The van der Waals surface area contributed by atoms with Crippen molar-refractivity contribution < 1.29 is 23.6 Å². The van der Waals surface area contributed by atoms with Crippen LogP contribution in [0.25, 0.3) is 0 Å². The van der Waals surface area contributed by atoms with Gasteiger partial charge in [0.15, 0.2) is 0 Å². The van der Waals surface area contributed by atoms with E-state index in [9.17, 15) is 14.4 Å². The molecule has 1 aromatic carbocycles. The average Bonchev–Trinajstić information content (AvgIpc) is 3.12. The van der Waals surface area contributed by atoms with Gasteiger partial charge in [0.25, 0.3) is 5.91 Å². The van der Waals surface area contributed by atoms with Crippen LogP contribution in [0.1, 0.15) is 42.8 Å². The minimum absolute atomic E-state index is 0.0179. The Morgan fingerprint density at radius 2 is 1.97 bits per heavy atom. The zero-order valence-corrected chi connectivity index (χ0v) is 16.9. The number of amides is 4. The fourth-order valence-corrected chi connectivity index (χ4v) is 2.94. The van der Waals surface area contributed by atoms with Crippen molar-refractivity contribution in [2.45, 2.75) is 52.7 Å². The van der Waals surface area contributed by atoms with E-state index in [0.717, 1.165) is 27.6 Å². The van der Waals surface area contributed by atoms with E-state index in [1.165, 1.54) is 0 Å². The highest BCUT2D eigenvalue weighted by molar-refractivity contribution is 6.07. The first-order valence-electron chi connectivity index (χ1n) is 9.33. The zero-order valence-electron chi connectivity index (χ0n) is 16.9. The molecule has 0 saturated carbocycles. The number of ether oxygens (including phenoxy) is 1. The van der Waals surface area contributed by atoms with E-state index in [2.05, 4.69) is 15.9 Å². The molecule has 0 bridgehead atoms. The second-order valence-electron chi connectivity index (χ2n) is 7.20. The molecule has 1 aliphatic rings. The van der Waals surface area contributed by atoms with Gasteiger partial charge in [0.05, 0.1) is 17.7 Å². The van der Waals surface area contributed by atoms with Crippen LogP contribution in [-0.2, 0) is 22.6 Å². The number of carbonyl (C=O) groups excluding carboxylic acids is 3.